The molecule has 96 heavy (non-hydrogen) atoms. The van der Waals surface area contributed by atoms with Crippen LogP contribution in [0.5, 0.6) is 0 Å². The van der Waals surface area contributed by atoms with E-state index in [-0.39, 0.29) is 25.7 Å². The van der Waals surface area contributed by atoms with Gasteiger partial charge in [-0.2, -0.15) is 0 Å². The lowest BCUT2D eigenvalue weighted by Gasteiger charge is -2.21. The van der Waals surface area contributed by atoms with E-state index in [9.17, 15) is 43.2 Å². The van der Waals surface area contributed by atoms with Crippen molar-refractivity contribution in [2.24, 2.45) is 17.8 Å². The van der Waals surface area contributed by atoms with Gasteiger partial charge in [0.05, 0.1) is 26.4 Å². The van der Waals surface area contributed by atoms with Crippen LogP contribution in [0.3, 0.4) is 0 Å². The van der Waals surface area contributed by atoms with Crippen molar-refractivity contribution in [2.75, 3.05) is 39.6 Å². The smallest absolute Gasteiger partial charge is 0.462 e. The summed E-state index contributed by atoms with van der Waals surface area (Å²) in [4.78, 5) is 72.8. The molecular weight excluding hydrogens is 1260 g/mol. The van der Waals surface area contributed by atoms with Gasteiger partial charge in [0.15, 0.2) is 12.2 Å². The summed E-state index contributed by atoms with van der Waals surface area (Å²) >= 11 is 0. The van der Waals surface area contributed by atoms with Gasteiger partial charge in [0, 0.05) is 25.7 Å². The zero-order valence-electron chi connectivity index (χ0n) is 62.3. The van der Waals surface area contributed by atoms with Gasteiger partial charge in [0.25, 0.3) is 0 Å². The van der Waals surface area contributed by atoms with Gasteiger partial charge in [0.2, 0.25) is 0 Å². The van der Waals surface area contributed by atoms with Crippen LogP contribution in [0.1, 0.15) is 370 Å². The first kappa shape index (κ1) is 93.5. The molecule has 0 rings (SSSR count). The normalized spacial score (nSPS) is 14.8. The minimum absolute atomic E-state index is 0.0849. The largest absolute Gasteiger partial charge is 0.472 e. The summed E-state index contributed by atoms with van der Waals surface area (Å²) in [5, 5.41) is 10.6. The number of unbranched alkanes of at least 4 members (excludes halogenated alkanes) is 36. The van der Waals surface area contributed by atoms with E-state index in [4.69, 9.17) is 37.0 Å². The summed E-state index contributed by atoms with van der Waals surface area (Å²) < 4.78 is 68.5. The first-order chi connectivity index (χ1) is 46.3. The topological polar surface area (TPSA) is 237 Å². The molecule has 17 nitrogen and oxygen atoms in total. The zero-order chi connectivity index (χ0) is 70.9. The average Bonchev–Trinajstić information content (AvgIpc) is 1.10. The Hall–Kier alpha value is -2.46. The molecule has 19 heteroatoms. The van der Waals surface area contributed by atoms with Crippen molar-refractivity contribution in [1.82, 2.24) is 0 Å². The summed E-state index contributed by atoms with van der Waals surface area (Å²) in [6.45, 7) is 11.8. The summed E-state index contributed by atoms with van der Waals surface area (Å²) in [6, 6.07) is 0. The second kappa shape index (κ2) is 67.1. The number of carbonyl (C=O) groups is 4. The van der Waals surface area contributed by atoms with E-state index in [0.717, 1.165) is 127 Å². The van der Waals surface area contributed by atoms with Crippen molar-refractivity contribution >= 4 is 39.5 Å². The molecule has 0 aliphatic rings. The van der Waals surface area contributed by atoms with E-state index in [2.05, 4.69) is 72.8 Å². The van der Waals surface area contributed by atoms with Crippen molar-refractivity contribution in [3.8, 4) is 0 Å². The van der Waals surface area contributed by atoms with Crippen LogP contribution < -0.4 is 0 Å². The first-order valence-electron chi connectivity index (χ1n) is 39.2. The van der Waals surface area contributed by atoms with Crippen molar-refractivity contribution in [3.63, 3.8) is 0 Å². The van der Waals surface area contributed by atoms with Crippen LogP contribution in [-0.4, -0.2) is 96.7 Å². The third-order valence-corrected chi connectivity index (χ3v) is 19.9. The monoisotopic (exact) mass is 1410 g/mol. The predicted molar refractivity (Wildman–Crippen MR) is 390 cm³/mol. The quantitative estimate of drug-likeness (QED) is 0.0169. The van der Waals surface area contributed by atoms with E-state index in [1.165, 1.54) is 161 Å². The molecule has 0 spiro atoms. The third-order valence-electron chi connectivity index (χ3n) is 18.0. The molecule has 0 aromatic rings. The number of rotatable bonds is 73. The molecule has 0 aromatic heterocycles. The molecule has 4 unspecified atom stereocenters. The molecule has 0 heterocycles. The Labute approximate surface area is 586 Å². The SMILES string of the molecule is CCCCCC/C=C\C=C/CCCCCCCC(=O)O[C@H](COC(=O)CCCCCCCCCCCCCCCCC(C)CC)COP(=O)(O)OC[C@@H](O)COP(=O)(O)OC[C@@H](COC(=O)CCCCCCCCC(C)CC)OC(=O)CCCCCCCCCCCCC(C)C. The lowest BCUT2D eigenvalue weighted by molar-refractivity contribution is -0.161. The van der Waals surface area contributed by atoms with E-state index in [1.807, 2.05) is 0 Å². The molecule has 0 aromatic carbocycles. The maximum atomic E-state index is 13.1. The van der Waals surface area contributed by atoms with E-state index in [1.54, 1.807) is 0 Å². The number of phosphoric acid groups is 2. The first-order valence-corrected chi connectivity index (χ1v) is 42.2. The van der Waals surface area contributed by atoms with Crippen molar-refractivity contribution in [3.05, 3.63) is 24.3 Å². The molecule has 0 amide bonds. The Morgan fingerprint density at radius 3 is 0.927 bits per heavy atom. The number of ether oxygens (including phenoxy) is 4. The maximum absolute atomic E-state index is 13.1. The molecule has 566 valence electrons. The Bertz CT molecular complexity index is 1970. The van der Waals surface area contributed by atoms with E-state index < -0.39 is 97.5 Å². The molecule has 0 saturated heterocycles. The van der Waals surface area contributed by atoms with Crippen molar-refractivity contribution < 1.29 is 80.2 Å². The van der Waals surface area contributed by atoms with Gasteiger partial charge in [-0.1, -0.05) is 317 Å². The van der Waals surface area contributed by atoms with Gasteiger partial charge in [-0.15, -0.1) is 0 Å². The van der Waals surface area contributed by atoms with Crippen LogP contribution in [-0.2, 0) is 65.4 Å². The summed E-state index contributed by atoms with van der Waals surface area (Å²) in [6.07, 6.45) is 56.3. The highest BCUT2D eigenvalue weighted by Gasteiger charge is 2.30. The number of phosphoric ester groups is 2. The highest BCUT2D eigenvalue weighted by Crippen LogP contribution is 2.45. The van der Waals surface area contributed by atoms with E-state index >= 15 is 0 Å². The van der Waals surface area contributed by atoms with Gasteiger partial charge < -0.3 is 33.8 Å². The highest BCUT2D eigenvalue weighted by molar-refractivity contribution is 7.47. The van der Waals surface area contributed by atoms with Crippen LogP contribution in [0, 0.1) is 17.8 Å². The standard InChI is InChI=1S/C77H146O17P2/c1-8-11-12-13-14-15-16-17-18-23-26-32-37-46-53-60-76(81)93-72(64-87-74(79)58-51-44-36-31-25-22-20-19-21-24-30-35-42-49-56-69(6)9-2)66-91-95(83,84)89-62-71(78)63-90-96(85,86)92-67-73(65-88-75(80)59-52-45-40-39-43-50-57-70(7)10-3)94-77(82)61-54-47-38-33-28-27-29-34-41-48-55-68(4)5/h15-18,68-73,78H,8-14,19-67H2,1-7H3,(H,83,84)(H,85,86)/b16-15-,18-17-/t69?,70?,71-,72-,73-/m1/s1. The van der Waals surface area contributed by atoms with Gasteiger partial charge in [-0.05, 0) is 69.1 Å². The Balaban J connectivity index is 5.28. The molecule has 3 N–H and O–H groups in total. The number of esters is 4. The second-order valence-electron chi connectivity index (χ2n) is 28.0. The van der Waals surface area contributed by atoms with Crippen LogP contribution in [0.15, 0.2) is 24.3 Å². The Kier molecular flexibility index (Phi) is 65.3. The molecule has 0 aliphatic heterocycles. The van der Waals surface area contributed by atoms with Crippen molar-refractivity contribution in [1.29, 1.82) is 0 Å². The molecule has 0 bridgehead atoms. The van der Waals surface area contributed by atoms with Crippen LogP contribution in [0.2, 0.25) is 0 Å². The van der Waals surface area contributed by atoms with Gasteiger partial charge in [0.1, 0.15) is 19.3 Å². The molecular formula is C77H146O17P2. The Morgan fingerprint density at radius 1 is 0.344 bits per heavy atom. The fourth-order valence-electron chi connectivity index (χ4n) is 11.2. The van der Waals surface area contributed by atoms with Crippen LogP contribution in [0.4, 0.5) is 0 Å². The molecule has 0 fully saturated rings. The van der Waals surface area contributed by atoms with Crippen LogP contribution >= 0.6 is 15.6 Å². The minimum Gasteiger partial charge on any atom is -0.462 e. The molecule has 0 aliphatic carbocycles. The highest BCUT2D eigenvalue weighted by atomic mass is 31.2. The predicted octanol–water partition coefficient (Wildman–Crippen LogP) is 22.1. The maximum Gasteiger partial charge on any atom is 0.472 e. The zero-order valence-corrected chi connectivity index (χ0v) is 64.1. The number of hydrogen-bond acceptors (Lipinski definition) is 15. The summed E-state index contributed by atoms with van der Waals surface area (Å²) in [5.74, 6) is 0.179. The van der Waals surface area contributed by atoms with Gasteiger partial charge >= 0.3 is 39.5 Å². The second-order valence-corrected chi connectivity index (χ2v) is 30.9. The number of aliphatic hydroxyl groups excluding tert-OH is 1. The lowest BCUT2D eigenvalue weighted by Crippen LogP contribution is -2.30. The Morgan fingerprint density at radius 2 is 0.615 bits per heavy atom. The fourth-order valence-corrected chi connectivity index (χ4v) is 12.8. The van der Waals surface area contributed by atoms with E-state index in [0.29, 0.717) is 25.7 Å². The fraction of sp³-hybridized carbons (Fsp3) is 0.896. The van der Waals surface area contributed by atoms with Gasteiger partial charge in [-0.25, -0.2) is 9.13 Å². The molecule has 0 saturated carbocycles. The molecule has 0 radical (unpaired) electrons. The summed E-state index contributed by atoms with van der Waals surface area (Å²) in [5.41, 5.74) is 0. The minimum atomic E-state index is -4.97. The number of aliphatic hydroxyl groups is 1. The third kappa shape index (κ3) is 67.4. The van der Waals surface area contributed by atoms with Crippen molar-refractivity contribution in [2.45, 2.75) is 388 Å². The van der Waals surface area contributed by atoms with Crippen LogP contribution in [0.25, 0.3) is 0 Å². The number of allylic oxidation sites excluding steroid dienone is 4. The lowest BCUT2D eigenvalue weighted by atomic mass is 9.99. The average molecular weight is 1410 g/mol. The number of carbonyl (C=O) groups excluding carboxylic acids is 4. The molecule has 7 atom stereocenters. The number of hydrogen-bond donors (Lipinski definition) is 3. The van der Waals surface area contributed by atoms with Gasteiger partial charge in [-0.3, -0.25) is 37.3 Å². The summed E-state index contributed by atoms with van der Waals surface area (Å²) in [7, 11) is -9.93.